The van der Waals surface area contributed by atoms with Crippen LogP contribution in [0.15, 0.2) is 6.20 Å². The zero-order valence-corrected chi connectivity index (χ0v) is 14.5. The molecule has 2 nitrogen and oxygen atoms in total. The maximum absolute atomic E-state index is 4.71. The molecule has 1 aliphatic carbocycles. The Bertz CT molecular complexity index is 411. The highest BCUT2D eigenvalue weighted by atomic mass is 32.1. The highest BCUT2D eigenvalue weighted by molar-refractivity contribution is 7.11. The molecule has 0 spiro atoms. The molecule has 1 aromatic heterocycles. The van der Waals surface area contributed by atoms with E-state index in [0.29, 0.717) is 12.0 Å². The summed E-state index contributed by atoms with van der Waals surface area (Å²) in [5, 5.41) is 5.13. The molecule has 1 saturated carbocycles. The molecule has 1 fully saturated rings. The highest BCUT2D eigenvalue weighted by Gasteiger charge is 2.26. The van der Waals surface area contributed by atoms with Crippen molar-refractivity contribution < 1.29 is 0 Å². The Morgan fingerprint density at radius 1 is 1.30 bits per heavy atom. The van der Waals surface area contributed by atoms with Gasteiger partial charge in [-0.1, -0.05) is 27.7 Å². The van der Waals surface area contributed by atoms with Gasteiger partial charge in [0.2, 0.25) is 0 Å². The molecule has 0 aliphatic heterocycles. The van der Waals surface area contributed by atoms with Gasteiger partial charge in [0.1, 0.15) is 0 Å². The largest absolute Gasteiger partial charge is 0.312 e. The standard InChI is InChI=1S/C17H30N2S/c1-6-12(2)19-14-9-7-13(8-10-14)16-18-11-15(20-16)17(3,4)5/h11-14,19H,6-10H2,1-5H3. The number of aromatic nitrogens is 1. The Labute approximate surface area is 128 Å². The molecule has 0 amide bonds. The van der Waals surface area contributed by atoms with E-state index >= 15 is 0 Å². The van der Waals surface area contributed by atoms with Gasteiger partial charge in [-0.3, -0.25) is 0 Å². The summed E-state index contributed by atoms with van der Waals surface area (Å²) < 4.78 is 0. The van der Waals surface area contributed by atoms with Gasteiger partial charge >= 0.3 is 0 Å². The first-order valence-electron chi connectivity index (χ1n) is 8.12. The first kappa shape index (κ1) is 16.0. The minimum Gasteiger partial charge on any atom is -0.312 e. The van der Waals surface area contributed by atoms with E-state index in [1.165, 1.54) is 42.0 Å². The van der Waals surface area contributed by atoms with Crippen molar-refractivity contribution in [3.05, 3.63) is 16.1 Å². The van der Waals surface area contributed by atoms with Crippen molar-refractivity contribution in [2.75, 3.05) is 0 Å². The van der Waals surface area contributed by atoms with Crippen molar-refractivity contribution in [2.45, 2.75) is 90.1 Å². The zero-order chi connectivity index (χ0) is 14.8. The quantitative estimate of drug-likeness (QED) is 0.858. The van der Waals surface area contributed by atoms with Crippen LogP contribution in [0.1, 0.15) is 82.5 Å². The van der Waals surface area contributed by atoms with E-state index in [4.69, 9.17) is 4.98 Å². The minimum atomic E-state index is 0.241. The van der Waals surface area contributed by atoms with Crippen molar-refractivity contribution in [2.24, 2.45) is 0 Å². The van der Waals surface area contributed by atoms with Gasteiger partial charge in [-0.05, 0) is 44.4 Å². The van der Waals surface area contributed by atoms with Crippen molar-refractivity contribution in [3.8, 4) is 0 Å². The molecule has 1 aliphatic rings. The maximum atomic E-state index is 4.71. The topological polar surface area (TPSA) is 24.9 Å². The van der Waals surface area contributed by atoms with Crippen LogP contribution in [0.2, 0.25) is 0 Å². The van der Waals surface area contributed by atoms with Crippen LogP contribution in [0.25, 0.3) is 0 Å². The van der Waals surface area contributed by atoms with Crippen LogP contribution < -0.4 is 5.32 Å². The lowest BCUT2D eigenvalue weighted by Gasteiger charge is -2.30. The Morgan fingerprint density at radius 3 is 2.45 bits per heavy atom. The van der Waals surface area contributed by atoms with Crippen molar-refractivity contribution in [3.63, 3.8) is 0 Å². The molecule has 0 radical (unpaired) electrons. The van der Waals surface area contributed by atoms with E-state index in [-0.39, 0.29) is 5.41 Å². The van der Waals surface area contributed by atoms with Crippen LogP contribution in [0.4, 0.5) is 0 Å². The van der Waals surface area contributed by atoms with Gasteiger partial charge < -0.3 is 5.32 Å². The summed E-state index contributed by atoms with van der Waals surface area (Å²) in [5.74, 6) is 0.700. The molecule has 3 heteroatoms. The second-order valence-electron chi connectivity index (χ2n) is 7.34. The molecule has 1 atom stereocenters. The van der Waals surface area contributed by atoms with Crippen molar-refractivity contribution >= 4 is 11.3 Å². The lowest BCUT2D eigenvalue weighted by atomic mass is 9.86. The molecule has 1 heterocycles. The summed E-state index contributed by atoms with van der Waals surface area (Å²) in [7, 11) is 0. The summed E-state index contributed by atoms with van der Waals surface area (Å²) in [4.78, 5) is 6.13. The third-order valence-corrected chi connectivity index (χ3v) is 6.06. The van der Waals surface area contributed by atoms with Gasteiger partial charge in [0, 0.05) is 29.1 Å². The molecule has 2 rings (SSSR count). The second kappa shape index (κ2) is 6.57. The SMILES string of the molecule is CCC(C)NC1CCC(c2ncc(C(C)(C)C)s2)CC1. The van der Waals surface area contributed by atoms with Crippen molar-refractivity contribution in [1.82, 2.24) is 10.3 Å². The third kappa shape index (κ3) is 4.05. The average Bonchev–Trinajstić information content (AvgIpc) is 2.89. The molecular formula is C17H30N2S. The van der Waals surface area contributed by atoms with Gasteiger partial charge in [0.05, 0.1) is 5.01 Å². The maximum Gasteiger partial charge on any atom is 0.0958 e. The van der Waals surface area contributed by atoms with Crippen LogP contribution in [0, 0.1) is 0 Å². The molecule has 20 heavy (non-hydrogen) atoms. The van der Waals surface area contributed by atoms with E-state index in [9.17, 15) is 0 Å². The Morgan fingerprint density at radius 2 is 1.95 bits per heavy atom. The highest BCUT2D eigenvalue weighted by Crippen LogP contribution is 2.37. The smallest absolute Gasteiger partial charge is 0.0958 e. The monoisotopic (exact) mass is 294 g/mol. The predicted octanol–water partition coefficient (Wildman–Crippen LogP) is 4.85. The third-order valence-electron chi connectivity index (χ3n) is 4.47. The summed E-state index contributed by atoms with van der Waals surface area (Å²) in [6, 6.07) is 1.38. The van der Waals surface area contributed by atoms with E-state index in [1.54, 1.807) is 0 Å². The van der Waals surface area contributed by atoms with Crippen molar-refractivity contribution in [1.29, 1.82) is 0 Å². The Hall–Kier alpha value is -0.410. The molecule has 1 aromatic rings. The predicted molar refractivity (Wildman–Crippen MR) is 88.7 cm³/mol. The van der Waals surface area contributed by atoms with E-state index in [1.807, 2.05) is 11.3 Å². The Balaban J connectivity index is 1.89. The van der Waals surface area contributed by atoms with Crippen LogP contribution in [-0.2, 0) is 5.41 Å². The molecule has 114 valence electrons. The summed E-state index contributed by atoms with van der Waals surface area (Å²) in [6.07, 6.45) is 8.53. The molecule has 1 unspecified atom stereocenters. The average molecular weight is 295 g/mol. The minimum absolute atomic E-state index is 0.241. The fraction of sp³-hybridized carbons (Fsp3) is 0.824. The summed E-state index contributed by atoms with van der Waals surface area (Å²) >= 11 is 1.93. The van der Waals surface area contributed by atoms with Gasteiger partial charge in [0.15, 0.2) is 0 Å². The van der Waals surface area contributed by atoms with E-state index < -0.39 is 0 Å². The van der Waals surface area contributed by atoms with Crippen LogP contribution >= 0.6 is 11.3 Å². The molecule has 0 aromatic carbocycles. The van der Waals surface area contributed by atoms with Gasteiger partial charge in [0.25, 0.3) is 0 Å². The van der Waals surface area contributed by atoms with Crippen LogP contribution in [0.5, 0.6) is 0 Å². The lowest BCUT2D eigenvalue weighted by Crippen LogP contribution is -2.38. The normalized spacial score (nSPS) is 25.6. The number of rotatable bonds is 4. The zero-order valence-electron chi connectivity index (χ0n) is 13.7. The summed E-state index contributed by atoms with van der Waals surface area (Å²) in [6.45, 7) is 11.4. The second-order valence-corrected chi connectivity index (χ2v) is 8.40. The van der Waals surface area contributed by atoms with Crippen LogP contribution in [-0.4, -0.2) is 17.1 Å². The number of nitrogens with one attached hydrogen (secondary N) is 1. The van der Waals surface area contributed by atoms with Gasteiger partial charge in [-0.25, -0.2) is 4.98 Å². The van der Waals surface area contributed by atoms with Gasteiger partial charge in [-0.15, -0.1) is 11.3 Å². The number of thiazole rings is 1. The van der Waals surface area contributed by atoms with Crippen LogP contribution in [0.3, 0.4) is 0 Å². The Kier molecular flexibility index (Phi) is 5.25. The number of hydrogen-bond acceptors (Lipinski definition) is 3. The molecule has 0 bridgehead atoms. The fourth-order valence-corrected chi connectivity index (χ4v) is 4.00. The first-order chi connectivity index (χ1) is 9.40. The molecule has 1 N–H and O–H groups in total. The number of nitrogens with zero attached hydrogens (tertiary/aromatic N) is 1. The molecule has 0 saturated heterocycles. The number of hydrogen-bond donors (Lipinski definition) is 1. The van der Waals surface area contributed by atoms with E-state index in [2.05, 4.69) is 46.1 Å². The first-order valence-corrected chi connectivity index (χ1v) is 8.94. The van der Waals surface area contributed by atoms with E-state index in [0.717, 1.165) is 6.04 Å². The summed E-state index contributed by atoms with van der Waals surface area (Å²) in [5.41, 5.74) is 0.241. The lowest BCUT2D eigenvalue weighted by molar-refractivity contribution is 0.317. The van der Waals surface area contributed by atoms with Gasteiger partial charge in [-0.2, -0.15) is 0 Å². The molecular weight excluding hydrogens is 264 g/mol. The fourth-order valence-electron chi connectivity index (χ4n) is 2.85.